The fourth-order valence-corrected chi connectivity index (χ4v) is 2.80. The Labute approximate surface area is 119 Å². The zero-order valence-electron chi connectivity index (χ0n) is 8.04. The van der Waals surface area contributed by atoms with Gasteiger partial charge in [0.25, 0.3) is 5.91 Å². The average molecular weight is 408 g/mol. The second kappa shape index (κ2) is 5.29. The number of anilines is 1. The van der Waals surface area contributed by atoms with Gasteiger partial charge in [-0.15, -0.1) is 11.3 Å². The van der Waals surface area contributed by atoms with Gasteiger partial charge in [-0.05, 0) is 74.9 Å². The fourth-order valence-electron chi connectivity index (χ4n) is 1.16. The minimum atomic E-state index is -0.0723. The van der Waals surface area contributed by atoms with Gasteiger partial charge in [-0.25, -0.2) is 0 Å². The van der Waals surface area contributed by atoms with Crippen LogP contribution in [0.1, 0.15) is 9.67 Å². The van der Waals surface area contributed by atoms with Crippen molar-refractivity contribution in [2.45, 2.75) is 0 Å². The molecule has 82 valence electrons. The monoisotopic (exact) mass is 407 g/mol. The molecule has 0 aliphatic rings. The summed E-state index contributed by atoms with van der Waals surface area (Å²) in [6.07, 6.45) is 0. The molecule has 0 fully saturated rings. The molecule has 0 bridgehead atoms. The van der Waals surface area contributed by atoms with E-state index in [0.29, 0.717) is 4.88 Å². The number of hydrogen-bond donors (Lipinski definition) is 1. The molecule has 0 saturated carbocycles. The van der Waals surface area contributed by atoms with Gasteiger partial charge in [-0.3, -0.25) is 4.79 Å². The van der Waals surface area contributed by atoms with Crippen molar-refractivity contribution in [2.75, 3.05) is 5.32 Å². The van der Waals surface area contributed by atoms with E-state index in [1.165, 1.54) is 11.3 Å². The number of carbonyl (C=O) groups is 1. The van der Waals surface area contributed by atoms with Gasteiger partial charge in [0.1, 0.15) is 0 Å². The Bertz CT molecular complexity index is 509. The van der Waals surface area contributed by atoms with Crippen LogP contribution in [0.15, 0.2) is 40.2 Å². The van der Waals surface area contributed by atoms with Gasteiger partial charge in [0.15, 0.2) is 0 Å². The van der Waals surface area contributed by atoms with E-state index in [1.807, 2.05) is 30.3 Å². The SMILES string of the molecule is O=C(Nc1ccc(I)cc1)c1ccc(Br)s1. The van der Waals surface area contributed by atoms with Crippen LogP contribution < -0.4 is 5.32 Å². The molecule has 0 atom stereocenters. The topological polar surface area (TPSA) is 29.1 Å². The summed E-state index contributed by atoms with van der Waals surface area (Å²) in [5.74, 6) is -0.0723. The first-order valence-electron chi connectivity index (χ1n) is 4.47. The summed E-state index contributed by atoms with van der Waals surface area (Å²) < 4.78 is 2.11. The van der Waals surface area contributed by atoms with E-state index in [9.17, 15) is 4.79 Å². The van der Waals surface area contributed by atoms with Crippen LogP contribution in [0.2, 0.25) is 0 Å². The number of carbonyl (C=O) groups excluding carboxylic acids is 1. The van der Waals surface area contributed by atoms with Crippen molar-refractivity contribution >= 4 is 61.5 Å². The summed E-state index contributed by atoms with van der Waals surface area (Å²) >= 11 is 6.98. The molecule has 0 aliphatic heterocycles. The molecule has 1 aromatic carbocycles. The maximum atomic E-state index is 11.8. The molecule has 0 saturated heterocycles. The second-order valence-electron chi connectivity index (χ2n) is 3.06. The number of thiophene rings is 1. The molecule has 0 unspecified atom stereocenters. The highest BCUT2D eigenvalue weighted by molar-refractivity contribution is 14.1. The Morgan fingerprint density at radius 3 is 2.44 bits per heavy atom. The summed E-state index contributed by atoms with van der Waals surface area (Å²) in [6, 6.07) is 11.4. The van der Waals surface area contributed by atoms with E-state index in [2.05, 4.69) is 43.8 Å². The van der Waals surface area contributed by atoms with Crippen LogP contribution in [0.4, 0.5) is 5.69 Å². The highest BCUT2D eigenvalue weighted by Gasteiger charge is 2.08. The summed E-state index contributed by atoms with van der Waals surface area (Å²) in [6.45, 7) is 0. The van der Waals surface area contributed by atoms with Gasteiger partial charge in [0.2, 0.25) is 0 Å². The first kappa shape index (κ1) is 12.1. The van der Waals surface area contributed by atoms with Crippen molar-refractivity contribution in [1.29, 1.82) is 0 Å². The number of rotatable bonds is 2. The molecule has 2 rings (SSSR count). The van der Waals surface area contributed by atoms with Gasteiger partial charge >= 0.3 is 0 Å². The number of benzene rings is 1. The Balaban J connectivity index is 2.10. The van der Waals surface area contributed by atoms with Crippen LogP contribution in [0.5, 0.6) is 0 Å². The molecule has 2 nitrogen and oxygen atoms in total. The van der Waals surface area contributed by atoms with Gasteiger partial charge in [-0.2, -0.15) is 0 Å². The second-order valence-corrected chi connectivity index (χ2v) is 6.77. The quantitative estimate of drug-likeness (QED) is 0.736. The van der Waals surface area contributed by atoms with Gasteiger partial charge < -0.3 is 5.32 Å². The van der Waals surface area contributed by atoms with Gasteiger partial charge in [0.05, 0.1) is 8.66 Å². The average Bonchev–Trinajstić information content (AvgIpc) is 2.68. The van der Waals surface area contributed by atoms with Crippen LogP contribution in [-0.4, -0.2) is 5.91 Å². The Morgan fingerprint density at radius 1 is 1.19 bits per heavy atom. The highest BCUT2D eigenvalue weighted by atomic mass is 127. The molecule has 1 heterocycles. The summed E-state index contributed by atoms with van der Waals surface area (Å²) in [5, 5.41) is 2.85. The highest BCUT2D eigenvalue weighted by Crippen LogP contribution is 2.23. The molecule has 1 aromatic heterocycles. The molecular weight excluding hydrogens is 401 g/mol. The van der Waals surface area contributed by atoms with E-state index in [0.717, 1.165) is 13.0 Å². The van der Waals surface area contributed by atoms with Gasteiger partial charge in [0, 0.05) is 9.26 Å². The largest absolute Gasteiger partial charge is 0.321 e. The fraction of sp³-hybridized carbons (Fsp3) is 0. The van der Waals surface area contributed by atoms with Gasteiger partial charge in [-0.1, -0.05) is 0 Å². The summed E-state index contributed by atoms with van der Waals surface area (Å²) in [5.41, 5.74) is 0.815. The molecule has 1 N–H and O–H groups in total. The molecule has 5 heteroatoms. The minimum absolute atomic E-state index is 0.0723. The van der Waals surface area contributed by atoms with Crippen molar-refractivity contribution in [3.05, 3.63) is 48.6 Å². The number of hydrogen-bond acceptors (Lipinski definition) is 2. The predicted octanol–water partition coefficient (Wildman–Crippen LogP) is 4.37. The Kier molecular flexibility index (Phi) is 3.99. The van der Waals surface area contributed by atoms with Crippen LogP contribution in [0.25, 0.3) is 0 Å². The number of nitrogens with one attached hydrogen (secondary N) is 1. The lowest BCUT2D eigenvalue weighted by Gasteiger charge is -2.02. The zero-order chi connectivity index (χ0) is 11.5. The summed E-state index contributed by atoms with van der Waals surface area (Å²) in [7, 11) is 0. The van der Waals surface area contributed by atoms with Crippen LogP contribution in [0.3, 0.4) is 0 Å². The standard InChI is InChI=1S/C11H7BrINOS/c12-10-6-5-9(16-10)11(15)14-8-3-1-7(13)2-4-8/h1-6H,(H,14,15). The Hall–Kier alpha value is -0.400. The van der Waals surface area contributed by atoms with Crippen molar-refractivity contribution in [2.24, 2.45) is 0 Å². The van der Waals surface area contributed by atoms with E-state index >= 15 is 0 Å². The predicted molar refractivity (Wildman–Crippen MR) is 79.1 cm³/mol. The lowest BCUT2D eigenvalue weighted by Crippen LogP contribution is -2.09. The molecule has 0 aliphatic carbocycles. The Morgan fingerprint density at radius 2 is 1.88 bits per heavy atom. The van der Waals surface area contributed by atoms with E-state index in [-0.39, 0.29) is 5.91 Å². The molecule has 16 heavy (non-hydrogen) atoms. The lowest BCUT2D eigenvalue weighted by atomic mass is 10.3. The van der Waals surface area contributed by atoms with Crippen molar-refractivity contribution in [3.8, 4) is 0 Å². The maximum Gasteiger partial charge on any atom is 0.265 e. The van der Waals surface area contributed by atoms with Crippen LogP contribution in [0, 0.1) is 3.57 Å². The number of halogens is 2. The lowest BCUT2D eigenvalue weighted by molar-refractivity contribution is 0.103. The smallest absolute Gasteiger partial charge is 0.265 e. The molecule has 2 aromatic rings. The van der Waals surface area contributed by atoms with Crippen molar-refractivity contribution in [1.82, 2.24) is 0 Å². The zero-order valence-corrected chi connectivity index (χ0v) is 12.6. The van der Waals surface area contributed by atoms with Crippen LogP contribution in [-0.2, 0) is 0 Å². The van der Waals surface area contributed by atoms with Crippen molar-refractivity contribution in [3.63, 3.8) is 0 Å². The normalized spacial score (nSPS) is 10.1. The van der Waals surface area contributed by atoms with Crippen molar-refractivity contribution < 1.29 is 4.79 Å². The first-order chi connectivity index (χ1) is 7.65. The molecule has 0 radical (unpaired) electrons. The summed E-state index contributed by atoms with van der Waals surface area (Å²) in [4.78, 5) is 12.5. The third kappa shape index (κ3) is 3.05. The molecule has 0 spiro atoms. The van der Waals surface area contributed by atoms with E-state index < -0.39 is 0 Å². The maximum absolute atomic E-state index is 11.8. The third-order valence-electron chi connectivity index (χ3n) is 1.90. The molecular formula is C11H7BrINOS. The minimum Gasteiger partial charge on any atom is -0.321 e. The first-order valence-corrected chi connectivity index (χ1v) is 7.16. The van der Waals surface area contributed by atoms with E-state index in [1.54, 1.807) is 6.07 Å². The van der Waals surface area contributed by atoms with E-state index in [4.69, 9.17) is 0 Å². The number of amides is 1. The third-order valence-corrected chi connectivity index (χ3v) is 4.24. The van der Waals surface area contributed by atoms with Crippen LogP contribution >= 0.6 is 49.9 Å². The molecule has 1 amide bonds.